The maximum Gasteiger partial charge on any atom is 0.0624 e. The Morgan fingerprint density at radius 2 is 1.33 bits per heavy atom. The van der Waals surface area contributed by atoms with Gasteiger partial charge in [-0.3, -0.25) is 0 Å². The second kappa shape index (κ2) is 4.78. The van der Waals surface area contributed by atoms with E-state index in [-0.39, 0.29) is 0 Å². The van der Waals surface area contributed by atoms with Crippen LogP contribution in [-0.2, 0) is 0 Å². The molecule has 0 unspecified atom stereocenters. The molecule has 2 atom stereocenters. The Balaban J connectivity index is 2.44. The highest BCUT2D eigenvalue weighted by atomic mass is 14.3. The number of nitrogens with zero attached hydrogens (tertiary/aromatic N) is 2. The molecule has 12 heavy (non-hydrogen) atoms. The minimum absolute atomic E-state index is 0.503. The first kappa shape index (κ1) is 9.07. The van der Waals surface area contributed by atoms with Gasteiger partial charge >= 0.3 is 0 Å². The van der Waals surface area contributed by atoms with Gasteiger partial charge in [0.2, 0.25) is 0 Å². The van der Waals surface area contributed by atoms with Crippen LogP contribution in [0, 0.1) is 34.5 Å². The average molecular weight is 162 g/mol. The average Bonchev–Trinajstić information content (AvgIpc) is 2.09. The van der Waals surface area contributed by atoms with Gasteiger partial charge in [-0.25, -0.2) is 0 Å². The summed E-state index contributed by atoms with van der Waals surface area (Å²) in [6, 6.07) is 4.43. The molecule has 64 valence electrons. The lowest BCUT2D eigenvalue weighted by Gasteiger charge is -2.27. The molecule has 0 aromatic carbocycles. The molecule has 2 nitrogen and oxygen atoms in total. The lowest BCUT2D eigenvalue weighted by Crippen LogP contribution is -2.18. The van der Waals surface area contributed by atoms with Crippen molar-refractivity contribution >= 4 is 0 Å². The Morgan fingerprint density at radius 1 is 0.917 bits per heavy atom. The van der Waals surface area contributed by atoms with Crippen LogP contribution >= 0.6 is 0 Å². The molecule has 1 rings (SSSR count). The maximum absolute atomic E-state index is 8.57. The first-order valence-corrected chi connectivity index (χ1v) is 4.62. The van der Waals surface area contributed by atoms with Crippen molar-refractivity contribution < 1.29 is 0 Å². The van der Waals surface area contributed by atoms with E-state index >= 15 is 0 Å². The molecule has 1 aliphatic carbocycles. The Labute approximate surface area is 73.8 Å². The first-order chi connectivity index (χ1) is 5.88. The predicted octanol–water partition coefficient (Wildman–Crippen LogP) is 2.62. The van der Waals surface area contributed by atoms with Crippen LogP contribution in [-0.4, -0.2) is 0 Å². The van der Waals surface area contributed by atoms with E-state index in [0.717, 1.165) is 12.8 Å². The van der Waals surface area contributed by atoms with Gasteiger partial charge in [0, 0.05) is 12.8 Å². The third kappa shape index (κ3) is 2.24. The van der Waals surface area contributed by atoms with Crippen molar-refractivity contribution in [3.63, 3.8) is 0 Å². The Kier molecular flexibility index (Phi) is 3.61. The molecule has 0 saturated heterocycles. The molecule has 0 aromatic heterocycles. The third-order valence-corrected chi connectivity index (χ3v) is 2.77. The van der Waals surface area contributed by atoms with E-state index < -0.39 is 0 Å². The summed E-state index contributed by atoms with van der Waals surface area (Å²) in [5.41, 5.74) is 0. The van der Waals surface area contributed by atoms with Crippen LogP contribution in [0.1, 0.15) is 38.5 Å². The molecule has 0 N–H and O–H groups in total. The fourth-order valence-corrected chi connectivity index (χ4v) is 2.06. The van der Waals surface area contributed by atoms with Crippen LogP contribution in [0.3, 0.4) is 0 Å². The van der Waals surface area contributed by atoms with Gasteiger partial charge in [0.15, 0.2) is 0 Å². The van der Waals surface area contributed by atoms with Crippen molar-refractivity contribution in [2.45, 2.75) is 38.5 Å². The fourth-order valence-electron chi connectivity index (χ4n) is 2.06. The van der Waals surface area contributed by atoms with E-state index in [9.17, 15) is 0 Å². The summed E-state index contributed by atoms with van der Waals surface area (Å²) in [4.78, 5) is 0. The largest absolute Gasteiger partial charge is 0.198 e. The summed E-state index contributed by atoms with van der Waals surface area (Å²) < 4.78 is 0. The smallest absolute Gasteiger partial charge is 0.0624 e. The fraction of sp³-hybridized carbons (Fsp3) is 0.800. The Bertz CT molecular complexity index is 185. The van der Waals surface area contributed by atoms with Gasteiger partial charge in [-0.05, 0) is 24.7 Å². The predicted molar refractivity (Wildman–Crippen MR) is 45.9 cm³/mol. The molecule has 0 aromatic rings. The zero-order valence-electron chi connectivity index (χ0n) is 7.29. The van der Waals surface area contributed by atoms with Gasteiger partial charge in [-0.2, -0.15) is 10.5 Å². The Morgan fingerprint density at radius 3 is 1.67 bits per heavy atom. The Hall–Kier alpha value is -1.02. The summed E-state index contributed by atoms with van der Waals surface area (Å²) in [6.45, 7) is 0. The van der Waals surface area contributed by atoms with Gasteiger partial charge in [0.1, 0.15) is 0 Å². The van der Waals surface area contributed by atoms with Crippen molar-refractivity contribution in [2.75, 3.05) is 0 Å². The van der Waals surface area contributed by atoms with Crippen LogP contribution in [0.2, 0.25) is 0 Å². The number of hydrogen-bond acceptors (Lipinski definition) is 2. The van der Waals surface area contributed by atoms with E-state index in [1.165, 1.54) is 12.8 Å². The highest BCUT2D eigenvalue weighted by Crippen LogP contribution is 2.33. The van der Waals surface area contributed by atoms with Crippen molar-refractivity contribution in [3.8, 4) is 12.1 Å². The molecule has 1 aliphatic rings. The molecular formula is C10H14N2. The maximum atomic E-state index is 8.57. The summed E-state index contributed by atoms with van der Waals surface area (Å²) in [5, 5.41) is 17.1. The van der Waals surface area contributed by atoms with Crippen molar-refractivity contribution in [3.05, 3.63) is 0 Å². The minimum atomic E-state index is 0.503. The van der Waals surface area contributed by atoms with Gasteiger partial charge in [0.25, 0.3) is 0 Å². The standard InChI is InChI=1S/C10H14N2/c11-7-5-9-3-1-2-4-10(9)6-8-12/h9-10H,1-6H2/t9-,10-/m0/s1. The number of hydrogen-bond donors (Lipinski definition) is 0. The summed E-state index contributed by atoms with van der Waals surface area (Å²) in [6.07, 6.45) is 6.08. The molecule has 0 amide bonds. The lowest BCUT2D eigenvalue weighted by atomic mass is 9.76. The lowest BCUT2D eigenvalue weighted by molar-refractivity contribution is 0.244. The summed E-state index contributed by atoms with van der Waals surface area (Å²) in [5.74, 6) is 1.01. The van der Waals surface area contributed by atoms with E-state index in [0.29, 0.717) is 24.7 Å². The quantitative estimate of drug-likeness (QED) is 0.626. The molecule has 1 fully saturated rings. The molecule has 0 bridgehead atoms. The van der Waals surface area contributed by atoms with Crippen LogP contribution in [0.15, 0.2) is 0 Å². The molecule has 2 heteroatoms. The zero-order valence-corrected chi connectivity index (χ0v) is 7.29. The van der Waals surface area contributed by atoms with Gasteiger partial charge in [0.05, 0.1) is 12.1 Å². The normalized spacial score (nSPS) is 28.8. The highest BCUT2D eigenvalue weighted by molar-refractivity contribution is 4.87. The second-order valence-corrected chi connectivity index (χ2v) is 3.53. The van der Waals surface area contributed by atoms with Crippen molar-refractivity contribution in [1.82, 2.24) is 0 Å². The highest BCUT2D eigenvalue weighted by Gasteiger charge is 2.24. The number of nitriles is 2. The van der Waals surface area contributed by atoms with E-state index in [4.69, 9.17) is 10.5 Å². The van der Waals surface area contributed by atoms with Gasteiger partial charge in [-0.1, -0.05) is 12.8 Å². The van der Waals surface area contributed by atoms with Crippen LogP contribution in [0.4, 0.5) is 0 Å². The van der Waals surface area contributed by atoms with E-state index in [2.05, 4.69) is 12.1 Å². The molecular weight excluding hydrogens is 148 g/mol. The van der Waals surface area contributed by atoms with Gasteiger partial charge < -0.3 is 0 Å². The zero-order chi connectivity index (χ0) is 8.81. The molecule has 1 saturated carbocycles. The van der Waals surface area contributed by atoms with Crippen LogP contribution < -0.4 is 0 Å². The molecule has 0 spiro atoms. The molecule has 0 aliphatic heterocycles. The van der Waals surface area contributed by atoms with E-state index in [1.807, 2.05) is 0 Å². The first-order valence-electron chi connectivity index (χ1n) is 4.62. The number of rotatable bonds is 2. The summed E-state index contributed by atoms with van der Waals surface area (Å²) >= 11 is 0. The van der Waals surface area contributed by atoms with Gasteiger partial charge in [-0.15, -0.1) is 0 Å². The van der Waals surface area contributed by atoms with Crippen LogP contribution in [0.5, 0.6) is 0 Å². The van der Waals surface area contributed by atoms with E-state index in [1.54, 1.807) is 0 Å². The third-order valence-electron chi connectivity index (χ3n) is 2.77. The molecule has 0 heterocycles. The minimum Gasteiger partial charge on any atom is -0.198 e. The molecule has 0 radical (unpaired) electrons. The topological polar surface area (TPSA) is 47.6 Å². The SMILES string of the molecule is N#CC[C@@H]1CCCC[C@H]1CC#N. The van der Waals surface area contributed by atoms with Crippen molar-refractivity contribution in [1.29, 1.82) is 10.5 Å². The summed E-state index contributed by atoms with van der Waals surface area (Å²) in [7, 11) is 0. The van der Waals surface area contributed by atoms with Crippen LogP contribution in [0.25, 0.3) is 0 Å². The monoisotopic (exact) mass is 162 g/mol. The van der Waals surface area contributed by atoms with Crippen molar-refractivity contribution in [2.24, 2.45) is 11.8 Å². The second-order valence-electron chi connectivity index (χ2n) is 3.53.